The van der Waals surface area contributed by atoms with Gasteiger partial charge in [-0.25, -0.2) is 9.78 Å². The van der Waals surface area contributed by atoms with E-state index in [0.717, 1.165) is 36.5 Å². The minimum atomic E-state index is -0.528. The molecule has 1 spiro atoms. The van der Waals surface area contributed by atoms with Gasteiger partial charge in [-0.3, -0.25) is 4.90 Å². The summed E-state index contributed by atoms with van der Waals surface area (Å²) in [5, 5.41) is 0. The summed E-state index contributed by atoms with van der Waals surface area (Å²) in [6, 6.07) is 8.21. The highest BCUT2D eigenvalue weighted by Gasteiger charge is 2.50. The highest BCUT2D eigenvalue weighted by molar-refractivity contribution is 5.69. The van der Waals surface area contributed by atoms with Crippen LogP contribution in [0.25, 0.3) is 11.3 Å². The van der Waals surface area contributed by atoms with E-state index in [9.17, 15) is 4.79 Å². The molecule has 0 radical (unpaired) electrons. The summed E-state index contributed by atoms with van der Waals surface area (Å²) in [5.41, 5.74) is 2.74. The highest BCUT2D eigenvalue weighted by atomic mass is 16.6. The minimum Gasteiger partial charge on any atom is -0.444 e. The Morgan fingerprint density at radius 2 is 2.07 bits per heavy atom. The van der Waals surface area contributed by atoms with Crippen molar-refractivity contribution in [3.05, 3.63) is 41.9 Å². The maximum atomic E-state index is 12.9. The van der Waals surface area contributed by atoms with Crippen LogP contribution in [0.3, 0.4) is 0 Å². The summed E-state index contributed by atoms with van der Waals surface area (Å²) in [6.45, 7) is 9.85. The summed E-state index contributed by atoms with van der Waals surface area (Å²) < 4.78 is 11.4. The van der Waals surface area contributed by atoms with E-state index in [4.69, 9.17) is 9.47 Å². The first kappa shape index (κ1) is 19.0. The van der Waals surface area contributed by atoms with Crippen LogP contribution in [0.5, 0.6) is 0 Å². The molecule has 2 saturated heterocycles. The molecule has 1 aromatic heterocycles. The molecule has 0 aliphatic carbocycles. The van der Waals surface area contributed by atoms with Crippen LogP contribution in [0.1, 0.15) is 51.0 Å². The molecule has 6 heteroatoms. The summed E-state index contributed by atoms with van der Waals surface area (Å²) in [5.74, 6) is 0.810. The zero-order valence-corrected chi connectivity index (χ0v) is 17.1. The van der Waals surface area contributed by atoms with Gasteiger partial charge < -0.3 is 14.5 Å². The van der Waals surface area contributed by atoms with Gasteiger partial charge in [0.2, 0.25) is 0 Å². The maximum absolute atomic E-state index is 12.9. The molecule has 28 heavy (non-hydrogen) atoms. The fraction of sp³-hybridized carbons (Fsp3) is 0.545. The zero-order chi connectivity index (χ0) is 19.9. The van der Waals surface area contributed by atoms with Crippen LogP contribution in [0.15, 0.2) is 30.5 Å². The van der Waals surface area contributed by atoms with E-state index in [-0.39, 0.29) is 17.6 Å². The predicted octanol–water partition coefficient (Wildman–Crippen LogP) is 4.47. The third kappa shape index (κ3) is 3.78. The van der Waals surface area contributed by atoms with Crippen molar-refractivity contribution in [3.8, 4) is 11.3 Å². The first-order valence-corrected chi connectivity index (χ1v) is 9.94. The number of hydrogen-bond donors (Lipinski definition) is 1. The van der Waals surface area contributed by atoms with Crippen molar-refractivity contribution in [1.82, 2.24) is 14.9 Å². The SMILES string of the molecule is Cc1ccc(-c2cnc([C@@H]3C[C@@]4(CCOC4)CN3C(=O)OC(C)(C)C)[nH]2)cc1. The van der Waals surface area contributed by atoms with E-state index in [0.29, 0.717) is 13.2 Å². The van der Waals surface area contributed by atoms with Crippen molar-refractivity contribution in [2.45, 2.75) is 52.2 Å². The number of aromatic amines is 1. The monoisotopic (exact) mass is 383 g/mol. The number of nitrogens with zero attached hydrogens (tertiary/aromatic N) is 2. The number of benzene rings is 1. The smallest absolute Gasteiger partial charge is 0.410 e. The molecule has 1 N–H and O–H groups in total. The quantitative estimate of drug-likeness (QED) is 0.831. The number of nitrogens with one attached hydrogen (secondary N) is 1. The van der Waals surface area contributed by atoms with Gasteiger partial charge in [-0.15, -0.1) is 0 Å². The van der Waals surface area contributed by atoms with Crippen LogP contribution in [-0.2, 0) is 9.47 Å². The molecule has 6 nitrogen and oxygen atoms in total. The Morgan fingerprint density at radius 3 is 2.71 bits per heavy atom. The number of carbonyl (C=O) groups is 1. The van der Waals surface area contributed by atoms with Gasteiger partial charge in [0.1, 0.15) is 11.4 Å². The fourth-order valence-corrected chi connectivity index (χ4v) is 4.13. The van der Waals surface area contributed by atoms with E-state index >= 15 is 0 Å². The Kier molecular flexibility index (Phi) is 4.70. The average Bonchev–Trinajstić information content (AvgIpc) is 3.35. The molecule has 3 heterocycles. The number of likely N-dealkylation sites (tertiary alicyclic amines) is 1. The molecule has 2 aliphatic heterocycles. The summed E-state index contributed by atoms with van der Waals surface area (Å²) in [4.78, 5) is 22.8. The van der Waals surface area contributed by atoms with E-state index < -0.39 is 5.60 Å². The Balaban J connectivity index is 1.61. The van der Waals surface area contributed by atoms with Crippen molar-refractivity contribution in [2.75, 3.05) is 19.8 Å². The van der Waals surface area contributed by atoms with Gasteiger partial charge in [-0.2, -0.15) is 0 Å². The second-order valence-corrected chi connectivity index (χ2v) is 9.18. The van der Waals surface area contributed by atoms with Gasteiger partial charge in [0.05, 0.1) is 24.5 Å². The molecule has 0 saturated carbocycles. The second kappa shape index (κ2) is 6.92. The molecule has 2 atom stereocenters. The van der Waals surface area contributed by atoms with Gasteiger partial charge in [-0.05, 0) is 46.1 Å². The second-order valence-electron chi connectivity index (χ2n) is 9.18. The molecule has 2 aliphatic rings. The molecule has 150 valence electrons. The van der Waals surface area contributed by atoms with Crippen molar-refractivity contribution < 1.29 is 14.3 Å². The van der Waals surface area contributed by atoms with Crippen LogP contribution in [0.2, 0.25) is 0 Å². The van der Waals surface area contributed by atoms with Crippen LogP contribution in [-0.4, -0.2) is 46.3 Å². The van der Waals surface area contributed by atoms with Gasteiger partial charge >= 0.3 is 6.09 Å². The van der Waals surface area contributed by atoms with E-state index in [1.807, 2.05) is 31.9 Å². The van der Waals surface area contributed by atoms with E-state index in [1.54, 1.807) is 0 Å². The molecule has 1 aromatic carbocycles. The molecule has 2 fully saturated rings. The number of aryl methyl sites for hydroxylation is 1. The highest BCUT2D eigenvalue weighted by Crippen LogP contribution is 2.47. The molecule has 4 rings (SSSR count). The van der Waals surface area contributed by atoms with Crippen molar-refractivity contribution in [3.63, 3.8) is 0 Å². The molecular weight excluding hydrogens is 354 g/mol. The topological polar surface area (TPSA) is 67.4 Å². The van der Waals surface area contributed by atoms with Gasteiger partial charge in [-0.1, -0.05) is 29.8 Å². The number of rotatable bonds is 2. The van der Waals surface area contributed by atoms with Gasteiger partial charge in [0.25, 0.3) is 0 Å². The summed E-state index contributed by atoms with van der Waals surface area (Å²) in [7, 11) is 0. The number of hydrogen-bond acceptors (Lipinski definition) is 4. The Hall–Kier alpha value is -2.34. The number of carbonyl (C=O) groups excluding carboxylic acids is 1. The van der Waals surface area contributed by atoms with Gasteiger partial charge in [0, 0.05) is 18.6 Å². The molecule has 0 unspecified atom stereocenters. The van der Waals surface area contributed by atoms with E-state index in [1.165, 1.54) is 5.56 Å². The largest absolute Gasteiger partial charge is 0.444 e. The first-order chi connectivity index (χ1) is 13.2. The average molecular weight is 383 g/mol. The fourth-order valence-electron chi connectivity index (χ4n) is 4.13. The number of H-pyrrole nitrogens is 1. The summed E-state index contributed by atoms with van der Waals surface area (Å²) >= 11 is 0. The summed E-state index contributed by atoms with van der Waals surface area (Å²) in [6.07, 6.45) is 3.37. The van der Waals surface area contributed by atoms with Crippen molar-refractivity contribution >= 4 is 6.09 Å². The lowest BCUT2D eigenvalue weighted by atomic mass is 9.85. The number of amides is 1. The lowest BCUT2D eigenvalue weighted by Gasteiger charge is -2.28. The van der Waals surface area contributed by atoms with E-state index in [2.05, 4.69) is 41.2 Å². The van der Waals surface area contributed by atoms with Crippen molar-refractivity contribution in [1.29, 1.82) is 0 Å². The first-order valence-electron chi connectivity index (χ1n) is 9.94. The normalized spacial score (nSPS) is 24.9. The van der Waals surface area contributed by atoms with Crippen LogP contribution in [0.4, 0.5) is 4.79 Å². The predicted molar refractivity (Wildman–Crippen MR) is 107 cm³/mol. The maximum Gasteiger partial charge on any atom is 0.410 e. The number of imidazole rings is 1. The Labute approximate surface area is 166 Å². The lowest BCUT2D eigenvalue weighted by molar-refractivity contribution is 0.0201. The molecule has 0 bridgehead atoms. The molecular formula is C22H29N3O3. The lowest BCUT2D eigenvalue weighted by Crippen LogP contribution is -2.38. The standard InChI is InChI=1S/C22H29N3O3/c1-15-5-7-16(8-6-15)17-12-23-19(24-17)18-11-22(9-10-27-14-22)13-25(18)20(26)28-21(2,3)4/h5-8,12,18H,9-11,13-14H2,1-4H3,(H,23,24)/t18-,22-/m0/s1. The molecule has 1 amide bonds. The third-order valence-electron chi connectivity index (χ3n) is 5.60. The number of aromatic nitrogens is 2. The Morgan fingerprint density at radius 1 is 1.32 bits per heavy atom. The number of ether oxygens (including phenoxy) is 2. The van der Waals surface area contributed by atoms with Crippen molar-refractivity contribution in [2.24, 2.45) is 5.41 Å². The van der Waals surface area contributed by atoms with Gasteiger partial charge in [0.15, 0.2) is 0 Å². The zero-order valence-electron chi connectivity index (χ0n) is 17.1. The van der Waals surface area contributed by atoms with Crippen LogP contribution >= 0.6 is 0 Å². The third-order valence-corrected chi connectivity index (χ3v) is 5.60. The Bertz CT molecular complexity index is 845. The minimum absolute atomic E-state index is 0.00160. The van der Waals surface area contributed by atoms with Crippen LogP contribution < -0.4 is 0 Å². The molecule has 2 aromatic rings. The van der Waals surface area contributed by atoms with Crippen LogP contribution in [0, 0.1) is 12.3 Å².